The number of carbonyl (C=O) groups excluding carboxylic acids is 2. The highest BCUT2D eigenvalue weighted by atomic mass is 16.1. The summed E-state index contributed by atoms with van der Waals surface area (Å²) in [6.07, 6.45) is 6.27. The number of carbonyl (C=O) groups is 2. The van der Waals surface area contributed by atoms with Crippen molar-refractivity contribution in [3.8, 4) is 0 Å². The third-order valence-electron chi connectivity index (χ3n) is 3.93. The summed E-state index contributed by atoms with van der Waals surface area (Å²) in [5.41, 5.74) is 0. The van der Waals surface area contributed by atoms with E-state index in [0.29, 0.717) is 12.5 Å². The maximum absolute atomic E-state index is 11.8. The minimum absolute atomic E-state index is 0.180. The molecule has 1 aliphatic heterocycles. The van der Waals surface area contributed by atoms with Gasteiger partial charge >= 0.3 is 0 Å². The lowest BCUT2D eigenvalue weighted by Crippen LogP contribution is -2.46. The standard InChI is InChI=1S/C13H23N3O2/c17-11-16-9-7-15(8-10-16)6-5-13(18)14-12-3-1-2-4-12/h11-12H,1-10H2,(H,14,18). The zero-order valence-electron chi connectivity index (χ0n) is 10.9. The van der Waals surface area contributed by atoms with Crippen molar-refractivity contribution in [2.24, 2.45) is 0 Å². The molecule has 5 nitrogen and oxygen atoms in total. The first kappa shape index (κ1) is 13.3. The van der Waals surface area contributed by atoms with Gasteiger partial charge in [-0.05, 0) is 12.8 Å². The molecule has 2 rings (SSSR count). The van der Waals surface area contributed by atoms with Gasteiger partial charge in [0.1, 0.15) is 0 Å². The van der Waals surface area contributed by atoms with E-state index in [2.05, 4.69) is 10.2 Å². The van der Waals surface area contributed by atoms with Crippen LogP contribution < -0.4 is 5.32 Å². The molecule has 0 unspecified atom stereocenters. The van der Waals surface area contributed by atoms with E-state index in [1.165, 1.54) is 12.8 Å². The van der Waals surface area contributed by atoms with E-state index in [9.17, 15) is 9.59 Å². The van der Waals surface area contributed by atoms with Gasteiger partial charge in [-0.15, -0.1) is 0 Å². The zero-order chi connectivity index (χ0) is 12.8. The second-order valence-corrected chi connectivity index (χ2v) is 5.28. The van der Waals surface area contributed by atoms with Crippen LogP contribution in [0.3, 0.4) is 0 Å². The average Bonchev–Trinajstić information content (AvgIpc) is 2.90. The van der Waals surface area contributed by atoms with E-state index in [1.54, 1.807) is 4.90 Å². The minimum Gasteiger partial charge on any atom is -0.353 e. The number of hydrogen-bond donors (Lipinski definition) is 1. The van der Waals surface area contributed by atoms with E-state index in [0.717, 1.165) is 52.0 Å². The predicted octanol–water partition coefficient (Wildman–Crippen LogP) is 0.209. The molecule has 0 bridgehead atoms. The van der Waals surface area contributed by atoms with Gasteiger partial charge in [0.05, 0.1) is 0 Å². The summed E-state index contributed by atoms with van der Waals surface area (Å²) in [7, 11) is 0. The minimum atomic E-state index is 0.180. The SMILES string of the molecule is O=CN1CCN(CCC(=O)NC2CCCC2)CC1. The summed E-state index contributed by atoms with van der Waals surface area (Å²) in [4.78, 5) is 26.4. The van der Waals surface area contributed by atoms with Crippen molar-refractivity contribution in [3.05, 3.63) is 0 Å². The predicted molar refractivity (Wildman–Crippen MR) is 69.1 cm³/mol. The molecule has 5 heteroatoms. The van der Waals surface area contributed by atoms with Crippen molar-refractivity contribution in [2.45, 2.75) is 38.1 Å². The van der Waals surface area contributed by atoms with E-state index in [1.807, 2.05) is 0 Å². The third-order valence-corrected chi connectivity index (χ3v) is 3.93. The molecule has 0 spiro atoms. The van der Waals surface area contributed by atoms with Crippen LogP contribution in [0.4, 0.5) is 0 Å². The van der Waals surface area contributed by atoms with Gasteiger partial charge < -0.3 is 10.2 Å². The van der Waals surface area contributed by atoms with Gasteiger partial charge in [-0.2, -0.15) is 0 Å². The molecule has 1 heterocycles. The second kappa shape index (κ2) is 6.73. The van der Waals surface area contributed by atoms with Crippen LogP contribution in [0.25, 0.3) is 0 Å². The highest BCUT2D eigenvalue weighted by Crippen LogP contribution is 2.17. The van der Waals surface area contributed by atoms with E-state index < -0.39 is 0 Å². The lowest BCUT2D eigenvalue weighted by molar-refractivity contribution is -0.123. The van der Waals surface area contributed by atoms with Gasteiger partial charge in [-0.3, -0.25) is 14.5 Å². The molecule has 0 aromatic heterocycles. The highest BCUT2D eigenvalue weighted by Gasteiger charge is 2.19. The molecule has 2 fully saturated rings. The summed E-state index contributed by atoms with van der Waals surface area (Å²) in [6, 6.07) is 0.421. The zero-order valence-corrected chi connectivity index (χ0v) is 10.9. The first-order valence-corrected chi connectivity index (χ1v) is 6.99. The summed E-state index contributed by atoms with van der Waals surface area (Å²) in [6.45, 7) is 4.15. The fourth-order valence-corrected chi connectivity index (χ4v) is 2.72. The molecule has 0 atom stereocenters. The molecule has 18 heavy (non-hydrogen) atoms. The molecule has 0 aromatic rings. The first-order valence-electron chi connectivity index (χ1n) is 6.99. The molecule has 0 aromatic carbocycles. The molecule has 1 aliphatic carbocycles. The Balaban J connectivity index is 1.59. The van der Waals surface area contributed by atoms with Crippen LogP contribution in [0.1, 0.15) is 32.1 Å². The molecule has 2 aliphatic rings. The third kappa shape index (κ3) is 3.98. The highest BCUT2D eigenvalue weighted by molar-refractivity contribution is 5.76. The van der Waals surface area contributed by atoms with Crippen molar-refractivity contribution >= 4 is 12.3 Å². The fraction of sp³-hybridized carbons (Fsp3) is 0.846. The monoisotopic (exact) mass is 253 g/mol. The smallest absolute Gasteiger partial charge is 0.221 e. The van der Waals surface area contributed by atoms with E-state index in [4.69, 9.17) is 0 Å². The Morgan fingerprint density at radius 1 is 1.17 bits per heavy atom. The van der Waals surface area contributed by atoms with Crippen LogP contribution in [0.15, 0.2) is 0 Å². The Labute approximate surface area is 108 Å². The maximum atomic E-state index is 11.8. The molecular weight excluding hydrogens is 230 g/mol. The van der Waals surface area contributed by atoms with Crippen LogP contribution in [0, 0.1) is 0 Å². The van der Waals surface area contributed by atoms with Gasteiger partial charge in [0, 0.05) is 45.2 Å². The fourth-order valence-electron chi connectivity index (χ4n) is 2.72. The largest absolute Gasteiger partial charge is 0.353 e. The Morgan fingerprint density at radius 3 is 2.44 bits per heavy atom. The van der Waals surface area contributed by atoms with Gasteiger partial charge in [-0.1, -0.05) is 12.8 Å². The van der Waals surface area contributed by atoms with E-state index >= 15 is 0 Å². The quantitative estimate of drug-likeness (QED) is 0.713. The summed E-state index contributed by atoms with van der Waals surface area (Å²) in [5.74, 6) is 0.180. The van der Waals surface area contributed by atoms with Crippen molar-refractivity contribution in [3.63, 3.8) is 0 Å². The number of piperazine rings is 1. The lowest BCUT2D eigenvalue weighted by Gasteiger charge is -2.32. The van der Waals surface area contributed by atoms with Crippen LogP contribution >= 0.6 is 0 Å². The molecule has 1 saturated carbocycles. The first-order chi connectivity index (χ1) is 8.78. The topological polar surface area (TPSA) is 52.7 Å². The molecule has 1 N–H and O–H groups in total. The Bertz CT molecular complexity index is 282. The van der Waals surface area contributed by atoms with Crippen LogP contribution in [-0.2, 0) is 9.59 Å². The average molecular weight is 253 g/mol. The van der Waals surface area contributed by atoms with Crippen molar-refractivity contribution < 1.29 is 9.59 Å². The molecule has 2 amide bonds. The maximum Gasteiger partial charge on any atom is 0.221 e. The Hall–Kier alpha value is -1.10. The van der Waals surface area contributed by atoms with Gasteiger partial charge in [0.2, 0.25) is 12.3 Å². The van der Waals surface area contributed by atoms with Crippen molar-refractivity contribution in [2.75, 3.05) is 32.7 Å². The van der Waals surface area contributed by atoms with Gasteiger partial charge in [0.25, 0.3) is 0 Å². The molecular formula is C13H23N3O2. The van der Waals surface area contributed by atoms with Crippen molar-refractivity contribution in [1.82, 2.24) is 15.1 Å². The van der Waals surface area contributed by atoms with Crippen LogP contribution in [-0.4, -0.2) is 60.9 Å². The summed E-state index contributed by atoms with van der Waals surface area (Å²) in [5, 5.41) is 3.11. The lowest BCUT2D eigenvalue weighted by atomic mass is 10.2. The molecule has 1 saturated heterocycles. The number of hydrogen-bond acceptors (Lipinski definition) is 3. The summed E-state index contributed by atoms with van der Waals surface area (Å²) >= 11 is 0. The van der Waals surface area contributed by atoms with Gasteiger partial charge in [-0.25, -0.2) is 0 Å². The summed E-state index contributed by atoms with van der Waals surface area (Å²) < 4.78 is 0. The Kier molecular flexibility index (Phi) is 4.99. The van der Waals surface area contributed by atoms with Crippen molar-refractivity contribution in [1.29, 1.82) is 0 Å². The number of nitrogens with one attached hydrogen (secondary N) is 1. The second-order valence-electron chi connectivity index (χ2n) is 5.28. The normalized spacial score (nSPS) is 22.1. The van der Waals surface area contributed by atoms with Crippen LogP contribution in [0.5, 0.6) is 0 Å². The van der Waals surface area contributed by atoms with Gasteiger partial charge in [0.15, 0.2) is 0 Å². The molecule has 102 valence electrons. The molecule has 0 radical (unpaired) electrons. The van der Waals surface area contributed by atoms with Crippen LogP contribution in [0.2, 0.25) is 0 Å². The Morgan fingerprint density at radius 2 is 1.83 bits per heavy atom. The number of nitrogens with zero attached hydrogens (tertiary/aromatic N) is 2. The van der Waals surface area contributed by atoms with E-state index in [-0.39, 0.29) is 5.91 Å². The number of rotatable bonds is 5. The number of amides is 2.